The molecule has 30 heavy (non-hydrogen) atoms. The smallest absolute Gasteiger partial charge is 0.325 e. The number of rotatable bonds is 6. The molecule has 0 unspecified atom stereocenters. The van der Waals surface area contributed by atoms with E-state index in [1.165, 1.54) is 6.07 Å². The van der Waals surface area contributed by atoms with Gasteiger partial charge in [0.15, 0.2) is 0 Å². The molecule has 1 heterocycles. The summed E-state index contributed by atoms with van der Waals surface area (Å²) in [5.41, 5.74) is 6.18. The number of carboxylic acid groups (broad SMARTS) is 1. The van der Waals surface area contributed by atoms with Crippen LogP contribution in [0.2, 0.25) is 5.02 Å². The molecule has 0 amide bonds. The fourth-order valence-electron chi connectivity index (χ4n) is 3.89. The molecule has 0 aliphatic heterocycles. The molecule has 0 spiro atoms. The topological polar surface area (TPSA) is 109 Å². The Morgan fingerprint density at radius 3 is 2.50 bits per heavy atom. The van der Waals surface area contributed by atoms with E-state index in [1.54, 1.807) is 31.2 Å². The van der Waals surface area contributed by atoms with Crippen molar-refractivity contribution in [2.75, 3.05) is 5.73 Å². The van der Waals surface area contributed by atoms with E-state index in [0.717, 1.165) is 22.5 Å². The molecule has 1 aliphatic carbocycles. The Morgan fingerprint density at radius 2 is 1.87 bits per heavy atom. The third-order valence-corrected chi connectivity index (χ3v) is 9.00. The van der Waals surface area contributed by atoms with Crippen molar-refractivity contribution >= 4 is 44.6 Å². The van der Waals surface area contributed by atoms with Crippen LogP contribution in [0.15, 0.2) is 64.9 Å². The number of hydrogen-bond acceptors (Lipinski definition) is 5. The van der Waals surface area contributed by atoms with Gasteiger partial charge in [0.1, 0.15) is 9.75 Å². The number of carboxylic acids is 1. The molecule has 1 aliphatic rings. The average Bonchev–Trinajstić information content (AvgIpc) is 3.06. The fraction of sp³-hybridized carbons (Fsp3) is 0.190. The minimum atomic E-state index is -4.05. The number of carbonyl (C=O) groups is 1. The second kappa shape index (κ2) is 7.39. The van der Waals surface area contributed by atoms with Crippen LogP contribution in [0.3, 0.4) is 0 Å². The first kappa shape index (κ1) is 20.9. The lowest BCUT2D eigenvalue weighted by molar-refractivity contribution is -0.140. The summed E-state index contributed by atoms with van der Waals surface area (Å²) in [5, 5.41) is 10.3. The summed E-state index contributed by atoms with van der Waals surface area (Å²) >= 11 is 6.99. The number of nitrogens with two attached hydrogens (primary N) is 1. The summed E-state index contributed by atoms with van der Waals surface area (Å²) in [5.74, 6) is -2.01. The van der Waals surface area contributed by atoms with E-state index in [-0.39, 0.29) is 10.1 Å². The Balaban J connectivity index is 1.65. The zero-order valence-electron chi connectivity index (χ0n) is 15.9. The molecule has 3 atom stereocenters. The van der Waals surface area contributed by atoms with E-state index in [2.05, 4.69) is 4.72 Å². The molecule has 0 bridgehead atoms. The monoisotopic (exact) mass is 462 g/mol. The van der Waals surface area contributed by atoms with Crippen molar-refractivity contribution in [2.45, 2.75) is 22.6 Å². The lowest BCUT2D eigenvalue weighted by Crippen LogP contribution is -2.45. The quantitative estimate of drug-likeness (QED) is 0.476. The molecular formula is C21H19ClN2O4S2. The van der Waals surface area contributed by atoms with Crippen LogP contribution in [0.25, 0.3) is 10.4 Å². The Bertz CT molecular complexity index is 1230. The number of aliphatic carboxylic acids is 1. The summed E-state index contributed by atoms with van der Waals surface area (Å²) in [4.78, 5) is 12.8. The Labute approximate surface area is 183 Å². The van der Waals surface area contributed by atoms with Crippen LogP contribution < -0.4 is 10.5 Å². The van der Waals surface area contributed by atoms with Crippen molar-refractivity contribution in [1.29, 1.82) is 0 Å². The highest BCUT2D eigenvalue weighted by molar-refractivity contribution is 7.91. The number of nitrogens with one attached hydrogen (secondary N) is 1. The highest BCUT2D eigenvalue weighted by Gasteiger charge is 2.70. The molecule has 156 valence electrons. The second-order valence-corrected chi connectivity index (χ2v) is 10.7. The first-order valence-corrected chi connectivity index (χ1v) is 11.8. The van der Waals surface area contributed by atoms with Gasteiger partial charge in [-0.3, -0.25) is 4.79 Å². The summed E-state index contributed by atoms with van der Waals surface area (Å²) < 4.78 is 28.7. The lowest BCUT2D eigenvalue weighted by Gasteiger charge is -2.15. The van der Waals surface area contributed by atoms with E-state index in [1.807, 2.05) is 30.3 Å². The van der Waals surface area contributed by atoms with Crippen LogP contribution in [0.1, 0.15) is 18.4 Å². The van der Waals surface area contributed by atoms with Crippen molar-refractivity contribution in [3.8, 4) is 10.4 Å². The van der Waals surface area contributed by atoms with Crippen LogP contribution in [0.5, 0.6) is 0 Å². The van der Waals surface area contributed by atoms with E-state index >= 15 is 0 Å². The number of hydrogen-bond donors (Lipinski definition) is 3. The largest absolute Gasteiger partial charge is 0.480 e. The molecule has 1 aromatic heterocycles. The van der Waals surface area contributed by atoms with E-state index in [9.17, 15) is 18.3 Å². The van der Waals surface area contributed by atoms with Crippen molar-refractivity contribution in [1.82, 2.24) is 4.72 Å². The third kappa shape index (κ3) is 3.39. The zero-order valence-corrected chi connectivity index (χ0v) is 18.3. The Kier molecular flexibility index (Phi) is 5.14. The molecule has 6 nitrogen and oxygen atoms in total. The lowest BCUT2D eigenvalue weighted by atomic mass is 10.1. The molecule has 4 N–H and O–H groups in total. The molecule has 0 radical (unpaired) electrons. The van der Waals surface area contributed by atoms with Gasteiger partial charge < -0.3 is 10.8 Å². The summed E-state index contributed by atoms with van der Waals surface area (Å²) in [6, 6.07) is 17.3. The predicted molar refractivity (Wildman–Crippen MR) is 118 cm³/mol. The van der Waals surface area contributed by atoms with Crippen LogP contribution >= 0.6 is 22.9 Å². The zero-order chi connectivity index (χ0) is 21.7. The standard InChI is InChI=1S/C21H19ClN2O4S2/c1-12-19(13-5-3-2-4-6-13)21(12,20(25)26)24-30(27,28)18-10-9-17(29-18)14-7-8-15(22)16(23)11-14/h2-12,19,24H,23H2,1H3,(H,25,26)/t12-,19-,21+/m1/s1. The molecule has 9 heteroatoms. The maximum atomic E-state index is 13.1. The number of thiophene rings is 1. The van der Waals surface area contributed by atoms with Gasteiger partial charge in [-0.05, 0) is 41.3 Å². The molecule has 0 saturated heterocycles. The molecular weight excluding hydrogens is 444 g/mol. The fourth-order valence-corrected chi connectivity index (χ4v) is 6.77. The second-order valence-electron chi connectivity index (χ2n) is 7.31. The summed E-state index contributed by atoms with van der Waals surface area (Å²) in [6.45, 7) is 1.74. The van der Waals surface area contributed by atoms with Gasteiger partial charge in [-0.15, -0.1) is 11.3 Å². The maximum Gasteiger partial charge on any atom is 0.325 e. The van der Waals surface area contributed by atoms with E-state index in [0.29, 0.717) is 15.6 Å². The van der Waals surface area contributed by atoms with Gasteiger partial charge in [-0.1, -0.05) is 54.9 Å². The van der Waals surface area contributed by atoms with Gasteiger partial charge >= 0.3 is 5.97 Å². The number of halogens is 1. The maximum absolute atomic E-state index is 13.1. The van der Waals surface area contributed by atoms with Gasteiger partial charge in [0.05, 0.1) is 10.7 Å². The van der Waals surface area contributed by atoms with Crippen molar-refractivity contribution in [2.24, 2.45) is 5.92 Å². The van der Waals surface area contributed by atoms with Crippen LogP contribution in [-0.4, -0.2) is 25.0 Å². The first-order valence-electron chi connectivity index (χ1n) is 9.14. The number of sulfonamides is 1. The van der Waals surface area contributed by atoms with Gasteiger partial charge in [0, 0.05) is 10.8 Å². The van der Waals surface area contributed by atoms with Gasteiger partial charge in [-0.25, -0.2) is 8.42 Å². The number of nitrogen functional groups attached to an aromatic ring is 1. The molecule has 2 aromatic carbocycles. The molecule has 3 aromatic rings. The SMILES string of the molecule is C[C@@H]1[C@H](c2ccccc2)[C@]1(NS(=O)(=O)c1ccc(-c2ccc(Cl)c(N)c2)s1)C(=O)O. The van der Waals surface area contributed by atoms with Crippen LogP contribution in [-0.2, 0) is 14.8 Å². The summed E-state index contributed by atoms with van der Waals surface area (Å²) in [7, 11) is -4.05. The minimum absolute atomic E-state index is 0.0394. The van der Waals surface area contributed by atoms with Crippen molar-refractivity contribution in [3.05, 3.63) is 71.2 Å². The Morgan fingerprint density at radius 1 is 1.17 bits per heavy atom. The first-order chi connectivity index (χ1) is 14.2. The number of anilines is 1. The van der Waals surface area contributed by atoms with Gasteiger partial charge in [0.2, 0.25) is 0 Å². The van der Waals surface area contributed by atoms with Gasteiger partial charge in [0.25, 0.3) is 10.0 Å². The normalized spacial score (nSPS) is 23.3. The van der Waals surface area contributed by atoms with Crippen molar-refractivity contribution in [3.63, 3.8) is 0 Å². The third-order valence-electron chi connectivity index (χ3n) is 5.54. The molecule has 4 rings (SSSR count). The van der Waals surface area contributed by atoms with E-state index < -0.39 is 27.4 Å². The summed E-state index contributed by atoms with van der Waals surface area (Å²) in [6.07, 6.45) is 0. The highest BCUT2D eigenvalue weighted by atomic mass is 35.5. The predicted octanol–water partition coefficient (Wildman–Crippen LogP) is 4.19. The van der Waals surface area contributed by atoms with Gasteiger partial charge in [-0.2, -0.15) is 4.72 Å². The van der Waals surface area contributed by atoms with E-state index in [4.69, 9.17) is 17.3 Å². The van der Waals surface area contributed by atoms with Crippen LogP contribution in [0, 0.1) is 5.92 Å². The minimum Gasteiger partial charge on any atom is -0.480 e. The van der Waals surface area contributed by atoms with Crippen LogP contribution in [0.4, 0.5) is 5.69 Å². The number of benzene rings is 2. The average molecular weight is 463 g/mol. The molecule has 1 fully saturated rings. The Hall–Kier alpha value is -2.39. The van der Waals surface area contributed by atoms with Crippen molar-refractivity contribution < 1.29 is 18.3 Å². The molecule has 1 saturated carbocycles. The highest BCUT2D eigenvalue weighted by Crippen LogP contribution is 2.58.